The second-order valence-corrected chi connectivity index (χ2v) is 5.62. The van der Waals surface area contributed by atoms with E-state index in [1.165, 1.54) is 0 Å². The highest BCUT2D eigenvalue weighted by Gasteiger charge is 2.23. The van der Waals surface area contributed by atoms with Crippen LogP contribution in [0, 0.1) is 0 Å². The number of aliphatic carboxylic acids is 1. The predicted molar refractivity (Wildman–Crippen MR) is 88.2 cm³/mol. The van der Waals surface area contributed by atoms with E-state index in [2.05, 4.69) is 0 Å². The number of halogens is 2. The molecule has 0 spiro atoms. The molecule has 0 radical (unpaired) electrons. The van der Waals surface area contributed by atoms with Gasteiger partial charge in [-0.05, 0) is 48.7 Å². The lowest BCUT2D eigenvalue weighted by molar-refractivity contribution is -0.138. The van der Waals surface area contributed by atoms with E-state index in [1.54, 1.807) is 42.5 Å². The molecule has 1 atom stereocenters. The first-order valence-corrected chi connectivity index (χ1v) is 7.67. The number of hydrogen-bond acceptors (Lipinski definition) is 2. The van der Waals surface area contributed by atoms with Crippen LogP contribution in [-0.2, 0) is 11.2 Å². The normalized spacial score (nSPS) is 12.0. The molecular formula is C17H16Cl2O3. The first-order chi connectivity index (χ1) is 10.5. The lowest BCUT2D eigenvalue weighted by Crippen LogP contribution is -2.15. The molecule has 1 N–H and O–H groups in total. The molecule has 0 aliphatic carbocycles. The van der Waals surface area contributed by atoms with Crippen LogP contribution in [-0.4, -0.2) is 17.7 Å². The van der Waals surface area contributed by atoms with Crippen LogP contribution >= 0.6 is 23.2 Å². The van der Waals surface area contributed by atoms with Gasteiger partial charge < -0.3 is 9.84 Å². The molecule has 3 nitrogen and oxygen atoms in total. The Labute approximate surface area is 139 Å². The molecule has 116 valence electrons. The van der Waals surface area contributed by atoms with Gasteiger partial charge in [0, 0.05) is 10.0 Å². The highest BCUT2D eigenvalue weighted by molar-refractivity contribution is 6.36. The van der Waals surface area contributed by atoms with Gasteiger partial charge in [0.2, 0.25) is 0 Å². The van der Waals surface area contributed by atoms with E-state index in [0.29, 0.717) is 33.5 Å². The Balaban J connectivity index is 2.35. The van der Waals surface area contributed by atoms with Gasteiger partial charge in [0.05, 0.1) is 12.5 Å². The van der Waals surface area contributed by atoms with Crippen molar-refractivity contribution in [1.82, 2.24) is 0 Å². The van der Waals surface area contributed by atoms with E-state index in [9.17, 15) is 9.90 Å². The average Bonchev–Trinajstić information content (AvgIpc) is 2.47. The first-order valence-electron chi connectivity index (χ1n) is 6.91. The lowest BCUT2D eigenvalue weighted by atomic mass is 9.92. The van der Waals surface area contributed by atoms with Crippen molar-refractivity contribution in [3.05, 3.63) is 63.6 Å². The zero-order chi connectivity index (χ0) is 16.1. The Hall–Kier alpha value is -1.71. The Morgan fingerprint density at radius 2 is 1.82 bits per heavy atom. The molecule has 0 aliphatic heterocycles. The maximum atomic E-state index is 11.7. The van der Waals surface area contributed by atoms with E-state index in [1.807, 2.05) is 6.92 Å². The SMILES string of the molecule is CCOc1cccc(C(Cc2c(Cl)cccc2Cl)C(=O)O)c1. The van der Waals surface area contributed by atoms with Crippen LogP contribution in [0.3, 0.4) is 0 Å². The van der Waals surface area contributed by atoms with Crippen molar-refractivity contribution in [3.63, 3.8) is 0 Å². The third-order valence-electron chi connectivity index (χ3n) is 3.34. The summed E-state index contributed by atoms with van der Waals surface area (Å²) in [5, 5.41) is 10.5. The lowest BCUT2D eigenvalue weighted by Gasteiger charge is -2.16. The van der Waals surface area contributed by atoms with E-state index in [-0.39, 0.29) is 6.42 Å². The fourth-order valence-corrected chi connectivity index (χ4v) is 2.82. The van der Waals surface area contributed by atoms with Gasteiger partial charge in [0.1, 0.15) is 5.75 Å². The molecule has 2 aromatic rings. The van der Waals surface area contributed by atoms with Crippen molar-refractivity contribution in [2.45, 2.75) is 19.3 Å². The molecular weight excluding hydrogens is 323 g/mol. The smallest absolute Gasteiger partial charge is 0.311 e. The third-order valence-corrected chi connectivity index (χ3v) is 4.05. The third kappa shape index (κ3) is 3.93. The van der Waals surface area contributed by atoms with Gasteiger partial charge >= 0.3 is 5.97 Å². The summed E-state index contributed by atoms with van der Waals surface area (Å²) in [5.41, 5.74) is 1.30. The van der Waals surface area contributed by atoms with Crippen molar-refractivity contribution in [2.24, 2.45) is 0 Å². The molecule has 0 saturated heterocycles. The largest absolute Gasteiger partial charge is 0.494 e. The van der Waals surface area contributed by atoms with Crippen LogP contribution in [0.5, 0.6) is 5.75 Å². The Morgan fingerprint density at radius 1 is 1.18 bits per heavy atom. The Kier molecular flexibility index (Phi) is 5.69. The fourth-order valence-electron chi connectivity index (χ4n) is 2.27. The molecule has 2 aromatic carbocycles. The molecule has 0 fully saturated rings. The second kappa shape index (κ2) is 7.52. The van der Waals surface area contributed by atoms with Gasteiger partial charge in [-0.2, -0.15) is 0 Å². The number of benzene rings is 2. The summed E-state index contributed by atoms with van der Waals surface area (Å²) in [5.74, 6) is -1.01. The Morgan fingerprint density at radius 3 is 2.41 bits per heavy atom. The van der Waals surface area contributed by atoms with Gasteiger partial charge in [0.15, 0.2) is 0 Å². The van der Waals surface area contributed by atoms with Crippen molar-refractivity contribution < 1.29 is 14.6 Å². The van der Waals surface area contributed by atoms with Gasteiger partial charge in [-0.1, -0.05) is 41.4 Å². The topological polar surface area (TPSA) is 46.5 Å². The zero-order valence-electron chi connectivity index (χ0n) is 12.1. The summed E-state index contributed by atoms with van der Waals surface area (Å²) >= 11 is 12.3. The molecule has 0 bridgehead atoms. The van der Waals surface area contributed by atoms with E-state index >= 15 is 0 Å². The number of carbonyl (C=O) groups is 1. The number of ether oxygens (including phenoxy) is 1. The standard InChI is InChI=1S/C17H16Cl2O3/c1-2-22-12-6-3-5-11(9-12)13(17(20)21)10-14-15(18)7-4-8-16(14)19/h3-9,13H,2,10H2,1H3,(H,20,21). The molecule has 0 amide bonds. The number of rotatable bonds is 6. The van der Waals surface area contributed by atoms with Crippen LogP contribution in [0.1, 0.15) is 24.0 Å². The average molecular weight is 339 g/mol. The van der Waals surface area contributed by atoms with Gasteiger partial charge in [-0.15, -0.1) is 0 Å². The summed E-state index contributed by atoms with van der Waals surface area (Å²) in [7, 11) is 0. The summed E-state index contributed by atoms with van der Waals surface area (Å²) in [4.78, 5) is 11.7. The van der Waals surface area contributed by atoms with Crippen LogP contribution in [0.25, 0.3) is 0 Å². The van der Waals surface area contributed by atoms with Crippen molar-refractivity contribution >= 4 is 29.2 Å². The molecule has 1 unspecified atom stereocenters. The molecule has 0 aliphatic rings. The minimum absolute atomic E-state index is 0.226. The maximum Gasteiger partial charge on any atom is 0.311 e. The molecule has 5 heteroatoms. The fraction of sp³-hybridized carbons (Fsp3) is 0.235. The zero-order valence-corrected chi connectivity index (χ0v) is 13.6. The van der Waals surface area contributed by atoms with Gasteiger partial charge in [0.25, 0.3) is 0 Å². The molecule has 0 aromatic heterocycles. The van der Waals surface area contributed by atoms with Crippen molar-refractivity contribution in [2.75, 3.05) is 6.61 Å². The van der Waals surface area contributed by atoms with Crippen molar-refractivity contribution in [3.8, 4) is 5.75 Å². The highest BCUT2D eigenvalue weighted by Crippen LogP contribution is 2.31. The number of carboxylic acid groups (broad SMARTS) is 1. The summed E-state index contributed by atoms with van der Waals surface area (Å²) in [6.45, 7) is 2.41. The minimum Gasteiger partial charge on any atom is -0.494 e. The van der Waals surface area contributed by atoms with Crippen LogP contribution < -0.4 is 4.74 Å². The van der Waals surface area contributed by atoms with Crippen molar-refractivity contribution in [1.29, 1.82) is 0 Å². The summed E-state index contributed by atoms with van der Waals surface area (Å²) in [6, 6.07) is 12.2. The molecule has 0 saturated carbocycles. The monoisotopic (exact) mass is 338 g/mol. The Bertz CT molecular complexity index is 650. The van der Waals surface area contributed by atoms with E-state index in [4.69, 9.17) is 27.9 Å². The molecule has 22 heavy (non-hydrogen) atoms. The first kappa shape index (κ1) is 16.7. The maximum absolute atomic E-state index is 11.7. The highest BCUT2D eigenvalue weighted by atomic mass is 35.5. The van der Waals surface area contributed by atoms with Crippen LogP contribution in [0.4, 0.5) is 0 Å². The minimum atomic E-state index is -0.926. The van der Waals surface area contributed by atoms with Crippen LogP contribution in [0.15, 0.2) is 42.5 Å². The quantitative estimate of drug-likeness (QED) is 0.822. The second-order valence-electron chi connectivity index (χ2n) is 4.80. The van der Waals surface area contributed by atoms with Gasteiger partial charge in [-0.25, -0.2) is 0 Å². The van der Waals surface area contributed by atoms with E-state index in [0.717, 1.165) is 0 Å². The number of carboxylic acids is 1. The number of hydrogen-bond donors (Lipinski definition) is 1. The van der Waals surface area contributed by atoms with E-state index < -0.39 is 11.9 Å². The molecule has 2 rings (SSSR count). The van der Waals surface area contributed by atoms with Gasteiger partial charge in [-0.3, -0.25) is 4.79 Å². The van der Waals surface area contributed by atoms with Crippen LogP contribution in [0.2, 0.25) is 10.0 Å². The molecule has 0 heterocycles. The summed E-state index contributed by atoms with van der Waals surface area (Å²) in [6.07, 6.45) is 0.226. The predicted octanol–water partition coefficient (Wildman–Crippen LogP) is 4.80. The summed E-state index contributed by atoms with van der Waals surface area (Å²) < 4.78 is 5.43.